The molecule has 2 aromatic carbocycles. The van der Waals surface area contributed by atoms with Crippen molar-refractivity contribution in [3.63, 3.8) is 0 Å². The number of hydrogen-bond donors (Lipinski definition) is 0. The van der Waals surface area contributed by atoms with E-state index >= 15 is 0 Å². The third-order valence-corrected chi connectivity index (χ3v) is 3.60. The van der Waals surface area contributed by atoms with Gasteiger partial charge in [0.2, 0.25) is 0 Å². The maximum Gasteiger partial charge on any atom is 0.344 e. The van der Waals surface area contributed by atoms with E-state index in [-0.39, 0.29) is 11.3 Å². The van der Waals surface area contributed by atoms with Gasteiger partial charge in [-0.1, -0.05) is 0 Å². The number of carbonyl (C=O) groups is 2. The Morgan fingerprint density at radius 1 is 1.00 bits per heavy atom. The largest absolute Gasteiger partial charge is 0.465 e. The molecule has 0 atom stereocenters. The Labute approximate surface area is 143 Å². The Bertz CT molecular complexity index is 967. The van der Waals surface area contributed by atoms with Crippen LogP contribution < -0.4 is 4.74 Å². The van der Waals surface area contributed by atoms with Gasteiger partial charge in [-0.25, -0.2) is 14.0 Å². The van der Waals surface area contributed by atoms with E-state index in [1.807, 2.05) is 0 Å². The van der Waals surface area contributed by atoms with Crippen molar-refractivity contribution in [2.75, 3.05) is 7.11 Å². The van der Waals surface area contributed by atoms with Gasteiger partial charge in [0.05, 0.1) is 23.8 Å². The van der Waals surface area contributed by atoms with Crippen LogP contribution in [0.3, 0.4) is 0 Å². The van der Waals surface area contributed by atoms with Crippen LogP contribution in [-0.2, 0) is 4.74 Å². The van der Waals surface area contributed by atoms with E-state index in [1.165, 1.54) is 49.6 Å². The Balaban J connectivity index is 1.92. The molecule has 0 fully saturated rings. The van der Waals surface area contributed by atoms with E-state index in [2.05, 4.69) is 9.72 Å². The van der Waals surface area contributed by atoms with Gasteiger partial charge in [-0.2, -0.15) is 0 Å². The van der Waals surface area contributed by atoms with Gasteiger partial charge in [0, 0.05) is 11.1 Å². The van der Waals surface area contributed by atoms with Crippen molar-refractivity contribution < 1.29 is 23.5 Å². The molecule has 0 aliphatic carbocycles. The predicted molar refractivity (Wildman–Crippen MR) is 89.2 cm³/mol. The standard InChI is InChI=1S/C19H14FNO4/c1-11-9-16(15-10-13(20)5-8-17(15)21-11)19(23)25-14-6-3-12(4-7-14)18(22)24-2/h3-10H,1-2H3. The summed E-state index contributed by atoms with van der Waals surface area (Å²) in [4.78, 5) is 28.2. The van der Waals surface area contributed by atoms with Crippen LogP contribution >= 0.6 is 0 Å². The molecule has 25 heavy (non-hydrogen) atoms. The number of hydrogen-bond acceptors (Lipinski definition) is 5. The fraction of sp³-hybridized carbons (Fsp3) is 0.105. The summed E-state index contributed by atoms with van der Waals surface area (Å²) in [6.45, 7) is 1.74. The van der Waals surface area contributed by atoms with Crippen LogP contribution in [0.5, 0.6) is 5.75 Å². The maximum absolute atomic E-state index is 13.5. The van der Waals surface area contributed by atoms with Gasteiger partial charge < -0.3 is 9.47 Å². The zero-order valence-corrected chi connectivity index (χ0v) is 13.6. The van der Waals surface area contributed by atoms with Crippen LogP contribution in [-0.4, -0.2) is 24.0 Å². The molecule has 0 radical (unpaired) electrons. The Kier molecular flexibility index (Phi) is 4.43. The lowest BCUT2D eigenvalue weighted by Crippen LogP contribution is -2.10. The topological polar surface area (TPSA) is 65.5 Å². The van der Waals surface area contributed by atoms with Gasteiger partial charge in [-0.15, -0.1) is 0 Å². The number of carbonyl (C=O) groups excluding carboxylic acids is 2. The SMILES string of the molecule is COC(=O)c1ccc(OC(=O)c2cc(C)nc3ccc(F)cc23)cc1. The number of rotatable bonds is 3. The van der Waals surface area contributed by atoms with Crippen molar-refractivity contribution in [2.24, 2.45) is 0 Å². The van der Waals surface area contributed by atoms with E-state index < -0.39 is 17.8 Å². The summed E-state index contributed by atoms with van der Waals surface area (Å²) in [5, 5.41) is 0.377. The second-order valence-electron chi connectivity index (χ2n) is 5.38. The molecular weight excluding hydrogens is 325 g/mol. The highest BCUT2D eigenvalue weighted by Gasteiger charge is 2.15. The normalized spacial score (nSPS) is 10.5. The van der Waals surface area contributed by atoms with Crippen molar-refractivity contribution in [1.29, 1.82) is 0 Å². The minimum absolute atomic E-state index is 0.221. The summed E-state index contributed by atoms with van der Waals surface area (Å²) in [7, 11) is 1.28. The molecule has 5 nitrogen and oxygen atoms in total. The van der Waals surface area contributed by atoms with Crippen LogP contribution in [0.15, 0.2) is 48.5 Å². The molecule has 0 saturated carbocycles. The highest BCUT2D eigenvalue weighted by molar-refractivity contribution is 6.04. The molecule has 0 N–H and O–H groups in total. The molecule has 1 aromatic heterocycles. The van der Waals surface area contributed by atoms with Gasteiger partial charge in [0.25, 0.3) is 0 Å². The number of nitrogens with zero attached hydrogens (tertiary/aromatic N) is 1. The van der Waals surface area contributed by atoms with Gasteiger partial charge in [-0.3, -0.25) is 4.98 Å². The molecule has 0 amide bonds. The number of ether oxygens (including phenoxy) is 2. The first-order valence-electron chi connectivity index (χ1n) is 7.45. The number of aromatic nitrogens is 1. The molecule has 0 aliphatic rings. The fourth-order valence-corrected chi connectivity index (χ4v) is 2.44. The third kappa shape index (κ3) is 3.47. The van der Waals surface area contributed by atoms with E-state index in [1.54, 1.807) is 13.0 Å². The number of benzene rings is 2. The van der Waals surface area contributed by atoms with Crippen LogP contribution in [0.25, 0.3) is 10.9 Å². The number of halogens is 1. The molecule has 0 spiro atoms. The first-order valence-corrected chi connectivity index (χ1v) is 7.45. The second-order valence-corrected chi connectivity index (χ2v) is 5.38. The van der Waals surface area contributed by atoms with Gasteiger partial charge in [-0.05, 0) is 55.5 Å². The quantitative estimate of drug-likeness (QED) is 0.538. The number of esters is 2. The number of methoxy groups -OCH3 is 1. The van der Waals surface area contributed by atoms with E-state index in [0.29, 0.717) is 22.2 Å². The molecule has 0 saturated heterocycles. The molecule has 0 unspecified atom stereocenters. The summed E-state index contributed by atoms with van der Waals surface area (Å²) in [5.41, 5.74) is 1.69. The number of fused-ring (bicyclic) bond motifs is 1. The average molecular weight is 339 g/mol. The monoisotopic (exact) mass is 339 g/mol. The minimum Gasteiger partial charge on any atom is -0.465 e. The zero-order valence-electron chi connectivity index (χ0n) is 13.6. The molecular formula is C19H14FNO4. The van der Waals surface area contributed by atoms with Crippen molar-refractivity contribution in [2.45, 2.75) is 6.92 Å². The van der Waals surface area contributed by atoms with Crippen molar-refractivity contribution in [3.05, 3.63) is 71.2 Å². The molecule has 3 rings (SSSR count). The van der Waals surface area contributed by atoms with Crippen molar-refractivity contribution >= 4 is 22.8 Å². The lowest BCUT2D eigenvalue weighted by atomic mass is 10.1. The lowest BCUT2D eigenvalue weighted by molar-refractivity contribution is 0.0600. The average Bonchev–Trinajstić information content (AvgIpc) is 2.61. The summed E-state index contributed by atoms with van der Waals surface area (Å²) >= 11 is 0. The van der Waals surface area contributed by atoms with E-state index in [4.69, 9.17) is 4.74 Å². The van der Waals surface area contributed by atoms with Crippen LogP contribution in [0, 0.1) is 12.7 Å². The first kappa shape index (κ1) is 16.6. The summed E-state index contributed by atoms with van der Waals surface area (Å²) in [5.74, 6) is -1.32. The lowest BCUT2D eigenvalue weighted by Gasteiger charge is -2.09. The number of pyridine rings is 1. The molecule has 3 aromatic rings. The first-order chi connectivity index (χ1) is 12.0. The van der Waals surface area contributed by atoms with Gasteiger partial charge in [0.15, 0.2) is 0 Å². The van der Waals surface area contributed by atoms with Crippen LogP contribution in [0.4, 0.5) is 4.39 Å². The highest BCUT2D eigenvalue weighted by atomic mass is 19.1. The smallest absolute Gasteiger partial charge is 0.344 e. The van der Waals surface area contributed by atoms with Gasteiger partial charge >= 0.3 is 11.9 Å². The van der Waals surface area contributed by atoms with Crippen molar-refractivity contribution in [1.82, 2.24) is 4.98 Å². The predicted octanol–water partition coefficient (Wildman–Crippen LogP) is 3.69. The molecule has 6 heteroatoms. The number of aryl methyl sites for hydroxylation is 1. The van der Waals surface area contributed by atoms with Crippen LogP contribution in [0.2, 0.25) is 0 Å². The molecule has 0 bridgehead atoms. The summed E-state index contributed by atoms with van der Waals surface area (Å²) in [6, 6.07) is 11.6. The Morgan fingerprint density at radius 2 is 1.72 bits per heavy atom. The van der Waals surface area contributed by atoms with Gasteiger partial charge in [0.1, 0.15) is 11.6 Å². The third-order valence-electron chi connectivity index (χ3n) is 3.60. The molecule has 1 heterocycles. The van der Waals surface area contributed by atoms with E-state index in [0.717, 1.165) is 0 Å². The minimum atomic E-state index is -0.632. The fourth-order valence-electron chi connectivity index (χ4n) is 2.44. The summed E-state index contributed by atoms with van der Waals surface area (Å²) < 4.78 is 23.5. The second kappa shape index (κ2) is 6.68. The van der Waals surface area contributed by atoms with Crippen LogP contribution in [0.1, 0.15) is 26.4 Å². The Morgan fingerprint density at radius 3 is 2.40 bits per heavy atom. The van der Waals surface area contributed by atoms with E-state index in [9.17, 15) is 14.0 Å². The maximum atomic E-state index is 13.5. The van der Waals surface area contributed by atoms with Crippen molar-refractivity contribution in [3.8, 4) is 5.75 Å². The molecule has 126 valence electrons. The Hall–Kier alpha value is -3.28. The highest BCUT2D eigenvalue weighted by Crippen LogP contribution is 2.22. The molecule has 0 aliphatic heterocycles. The zero-order chi connectivity index (χ0) is 18.0. The summed E-state index contributed by atoms with van der Waals surface area (Å²) in [6.07, 6.45) is 0.